The van der Waals surface area contributed by atoms with Crippen LogP contribution in [-0.2, 0) is 44.7 Å². The number of carboxylic acids is 1. The molecule has 11 N–H and O–H groups in total. The van der Waals surface area contributed by atoms with Crippen LogP contribution < -0.4 is 38.1 Å². The molecule has 18 nitrogen and oxygen atoms in total. The van der Waals surface area contributed by atoms with E-state index in [1.165, 1.54) is 19.1 Å². The Labute approximate surface area is 383 Å². The molecular formula is C48H61N7O11. The molecule has 1 fully saturated rings. The maximum atomic E-state index is 14.4. The predicted octanol–water partition coefficient (Wildman–Crippen LogP) is 3.17. The van der Waals surface area contributed by atoms with Crippen LogP contribution in [0.3, 0.4) is 0 Å². The summed E-state index contributed by atoms with van der Waals surface area (Å²) < 4.78 is 5.75. The molecule has 3 aromatic carbocycles. The van der Waals surface area contributed by atoms with Crippen molar-refractivity contribution in [2.75, 3.05) is 6.61 Å². The van der Waals surface area contributed by atoms with Gasteiger partial charge in [0, 0.05) is 18.8 Å². The number of primary amides is 2. The minimum atomic E-state index is -1.77. The second kappa shape index (κ2) is 22.3. The fourth-order valence-electron chi connectivity index (χ4n) is 8.66. The van der Waals surface area contributed by atoms with E-state index in [-0.39, 0.29) is 69.1 Å². The Hall–Kier alpha value is -6.98. The summed E-state index contributed by atoms with van der Waals surface area (Å²) in [5.41, 5.74) is 11.9. The van der Waals surface area contributed by atoms with E-state index in [0.717, 1.165) is 28.7 Å². The van der Waals surface area contributed by atoms with Gasteiger partial charge in [-0.1, -0.05) is 93.8 Å². The van der Waals surface area contributed by atoms with Gasteiger partial charge in [0.25, 0.3) is 0 Å². The van der Waals surface area contributed by atoms with Crippen LogP contribution in [0.1, 0.15) is 108 Å². The Bertz CT molecular complexity index is 2230. The smallest absolute Gasteiger partial charge is 0.408 e. The Balaban J connectivity index is 1.37. The third kappa shape index (κ3) is 13.1. The number of rotatable bonds is 22. The van der Waals surface area contributed by atoms with E-state index in [0.29, 0.717) is 18.4 Å². The molecule has 7 amide bonds. The highest BCUT2D eigenvalue weighted by Crippen LogP contribution is 2.44. The summed E-state index contributed by atoms with van der Waals surface area (Å²) in [6.07, 6.45) is 0.107. The highest BCUT2D eigenvalue weighted by atomic mass is 16.5. The number of aromatic hydroxyl groups is 1. The zero-order chi connectivity index (χ0) is 48.2. The number of hydrogen-bond acceptors (Lipinski definition) is 10. The van der Waals surface area contributed by atoms with Crippen LogP contribution in [-0.4, -0.2) is 93.5 Å². The number of fused-ring (bicyclic) bond motifs is 3. The number of aliphatic carboxylic acids is 1. The quantitative estimate of drug-likeness (QED) is 0.0706. The van der Waals surface area contributed by atoms with Gasteiger partial charge < -0.3 is 53.0 Å². The van der Waals surface area contributed by atoms with Gasteiger partial charge in [0.2, 0.25) is 35.4 Å². The maximum absolute atomic E-state index is 14.4. The highest BCUT2D eigenvalue weighted by Gasteiger charge is 2.44. The average Bonchev–Trinajstić information content (AvgIpc) is 3.58. The number of carbonyl (C=O) groups is 8. The molecule has 0 aliphatic heterocycles. The fourth-order valence-corrected chi connectivity index (χ4v) is 8.66. The first kappa shape index (κ1) is 50.0. The first-order valence-corrected chi connectivity index (χ1v) is 22.3. The predicted molar refractivity (Wildman–Crippen MR) is 242 cm³/mol. The van der Waals surface area contributed by atoms with Crippen LogP contribution in [0.25, 0.3) is 11.1 Å². The Kier molecular flexibility index (Phi) is 16.9. The molecule has 1 saturated carbocycles. The SMILES string of the molecule is CC(C)C[C@H](NC(=O)[C@](C)(CCCC(=O)O)NC(=O)OCC1c2ccccc2-c2ccccc21)C(=O)N[C@@H](Cc1ccc(O)cc1)C(=O)NC1(C(=O)N[C@@H](CC(N)=O)C(N)=O)CCCCC1. The van der Waals surface area contributed by atoms with Gasteiger partial charge in [0.15, 0.2) is 0 Å². The minimum absolute atomic E-state index is 0.0170. The van der Waals surface area contributed by atoms with Gasteiger partial charge in [-0.2, -0.15) is 0 Å². The molecular weight excluding hydrogens is 851 g/mol. The van der Waals surface area contributed by atoms with E-state index in [9.17, 15) is 48.6 Å². The number of hydrogen-bond donors (Lipinski definition) is 9. The molecule has 0 aromatic heterocycles. The number of carboxylic acid groups (broad SMARTS) is 1. The molecule has 2 aliphatic carbocycles. The summed E-state index contributed by atoms with van der Waals surface area (Å²) in [5, 5.41) is 32.8. The second-order valence-corrected chi connectivity index (χ2v) is 17.8. The van der Waals surface area contributed by atoms with Crippen molar-refractivity contribution in [1.29, 1.82) is 0 Å². The summed E-state index contributed by atoms with van der Waals surface area (Å²) in [4.78, 5) is 106. The lowest BCUT2D eigenvalue weighted by atomic mass is 9.80. The van der Waals surface area contributed by atoms with Crippen molar-refractivity contribution in [3.8, 4) is 16.9 Å². The van der Waals surface area contributed by atoms with Crippen molar-refractivity contribution in [2.24, 2.45) is 17.4 Å². The first-order valence-electron chi connectivity index (χ1n) is 22.3. The lowest BCUT2D eigenvalue weighted by molar-refractivity contribution is -0.139. The monoisotopic (exact) mass is 911 g/mol. The van der Waals surface area contributed by atoms with Crippen molar-refractivity contribution < 1.29 is 53.3 Å². The van der Waals surface area contributed by atoms with E-state index >= 15 is 0 Å². The number of alkyl carbamates (subject to hydrolysis) is 1. The zero-order valence-electron chi connectivity index (χ0n) is 37.5. The number of phenolic OH excluding ortho intramolecular Hbond substituents is 1. The molecule has 2 aliphatic rings. The van der Waals surface area contributed by atoms with Crippen LogP contribution in [0.4, 0.5) is 4.79 Å². The lowest BCUT2D eigenvalue weighted by Crippen LogP contribution is -2.66. The third-order valence-electron chi connectivity index (χ3n) is 12.2. The third-order valence-corrected chi connectivity index (χ3v) is 12.2. The van der Waals surface area contributed by atoms with Crippen molar-refractivity contribution >= 4 is 47.5 Å². The second-order valence-electron chi connectivity index (χ2n) is 17.8. The van der Waals surface area contributed by atoms with Gasteiger partial charge in [-0.05, 0) is 84.9 Å². The zero-order valence-corrected chi connectivity index (χ0v) is 37.5. The van der Waals surface area contributed by atoms with E-state index in [2.05, 4.69) is 26.6 Å². The van der Waals surface area contributed by atoms with E-state index in [1.807, 2.05) is 62.4 Å². The molecule has 0 heterocycles. The number of phenols is 1. The molecule has 354 valence electrons. The van der Waals surface area contributed by atoms with Crippen molar-refractivity contribution in [3.05, 3.63) is 89.5 Å². The topological polar surface area (TPSA) is 298 Å². The van der Waals surface area contributed by atoms with Gasteiger partial charge in [-0.25, -0.2) is 4.79 Å². The van der Waals surface area contributed by atoms with Gasteiger partial charge >= 0.3 is 12.1 Å². The van der Waals surface area contributed by atoms with Crippen LogP contribution >= 0.6 is 0 Å². The van der Waals surface area contributed by atoms with Crippen LogP contribution in [0, 0.1) is 5.92 Å². The normalized spacial score (nSPS) is 16.2. The van der Waals surface area contributed by atoms with Crippen molar-refractivity contribution in [3.63, 3.8) is 0 Å². The van der Waals surface area contributed by atoms with E-state index in [1.54, 1.807) is 12.1 Å². The molecule has 18 heteroatoms. The minimum Gasteiger partial charge on any atom is -0.508 e. The number of amides is 7. The van der Waals surface area contributed by atoms with Gasteiger partial charge in [-0.3, -0.25) is 33.6 Å². The van der Waals surface area contributed by atoms with E-state index < -0.39 is 83.1 Å². The Morgan fingerprint density at radius 2 is 1.39 bits per heavy atom. The Morgan fingerprint density at radius 3 is 1.95 bits per heavy atom. The molecule has 4 atom stereocenters. The number of nitrogens with one attached hydrogen (secondary N) is 5. The summed E-state index contributed by atoms with van der Waals surface area (Å²) >= 11 is 0. The fraction of sp³-hybridized carbons (Fsp3) is 0.458. The van der Waals surface area contributed by atoms with Crippen LogP contribution in [0.15, 0.2) is 72.8 Å². The summed E-state index contributed by atoms with van der Waals surface area (Å²) in [7, 11) is 0. The molecule has 0 bridgehead atoms. The first-order chi connectivity index (χ1) is 31.3. The molecule has 0 radical (unpaired) electrons. The van der Waals surface area contributed by atoms with Gasteiger partial charge in [0.05, 0.1) is 6.42 Å². The molecule has 0 saturated heterocycles. The van der Waals surface area contributed by atoms with Crippen molar-refractivity contribution in [2.45, 2.75) is 127 Å². The van der Waals surface area contributed by atoms with E-state index in [4.69, 9.17) is 16.2 Å². The average molecular weight is 912 g/mol. The standard InChI is InChI=1S/C48H61N7O11/c1-28(2)24-37(53-44(63)47(3,21-11-16-40(58)59)55-46(65)66-27-35-33-14-7-5-12-31(33)32-13-6-8-15-34(32)35)42(61)51-38(25-29-17-19-30(56)20-18-29)43(62)54-48(22-9-4-10-23-48)45(64)52-36(41(50)60)26-39(49)57/h5-8,12-15,17-20,28,35-38,56H,4,9-11,16,21-27H2,1-3H3,(H2,49,57)(H2,50,60)(H,51,61)(H,52,64)(H,53,63)(H,54,62)(H,55,65)(H,58,59)/t36-,37-,38-,47-/m0/s1. The summed E-state index contributed by atoms with van der Waals surface area (Å²) in [5.74, 6) is -6.61. The summed E-state index contributed by atoms with van der Waals surface area (Å²) in [6, 6.07) is 17.4. The number of nitrogens with two attached hydrogens (primary N) is 2. The maximum Gasteiger partial charge on any atom is 0.408 e. The Morgan fingerprint density at radius 1 is 0.788 bits per heavy atom. The molecule has 66 heavy (non-hydrogen) atoms. The van der Waals surface area contributed by atoms with Gasteiger partial charge in [0.1, 0.15) is 41.6 Å². The molecule has 0 spiro atoms. The summed E-state index contributed by atoms with van der Waals surface area (Å²) in [6.45, 7) is 4.99. The van der Waals surface area contributed by atoms with Crippen LogP contribution in [0.2, 0.25) is 0 Å². The highest BCUT2D eigenvalue weighted by molar-refractivity contribution is 5.99. The molecule has 5 rings (SSSR count). The molecule has 0 unspecified atom stereocenters. The number of ether oxygens (including phenoxy) is 1. The number of benzene rings is 3. The largest absolute Gasteiger partial charge is 0.508 e. The number of carbonyl (C=O) groups excluding carboxylic acids is 7. The van der Waals surface area contributed by atoms with Crippen molar-refractivity contribution in [1.82, 2.24) is 26.6 Å². The van der Waals surface area contributed by atoms with Crippen LogP contribution in [0.5, 0.6) is 5.75 Å². The lowest BCUT2D eigenvalue weighted by Gasteiger charge is -2.38. The molecule has 3 aromatic rings. The van der Waals surface area contributed by atoms with Gasteiger partial charge in [-0.15, -0.1) is 0 Å².